The molecule has 0 aromatic heterocycles. The number of hydrogen-bond donors (Lipinski definition) is 0. The Morgan fingerprint density at radius 3 is 2.14 bits per heavy atom. The molecule has 1 heterocycles. The number of hydrogen-bond acceptors (Lipinski definition) is 5. The van der Waals surface area contributed by atoms with Crippen LogP contribution in [-0.2, 0) is 6.54 Å². The quantitative estimate of drug-likeness (QED) is 0.747. The summed E-state index contributed by atoms with van der Waals surface area (Å²) in [4.78, 5) is 17.1. The number of benzene rings is 2. The van der Waals surface area contributed by atoms with Crippen LogP contribution in [-0.4, -0.2) is 63.2 Å². The van der Waals surface area contributed by atoms with Crippen LogP contribution in [0, 0.1) is 13.8 Å². The number of piperazine rings is 1. The van der Waals surface area contributed by atoms with Gasteiger partial charge in [0.15, 0.2) is 11.5 Å². The van der Waals surface area contributed by atoms with Crippen molar-refractivity contribution in [2.75, 3.05) is 47.5 Å². The van der Waals surface area contributed by atoms with Crippen molar-refractivity contribution in [3.05, 3.63) is 52.6 Å². The second-order valence-corrected chi connectivity index (χ2v) is 7.36. The molecule has 0 radical (unpaired) electrons. The molecule has 0 N–H and O–H groups in total. The molecular formula is C23H30N2O4. The topological polar surface area (TPSA) is 51.2 Å². The molecule has 1 aliphatic heterocycles. The molecule has 0 atom stereocenters. The largest absolute Gasteiger partial charge is 0.493 e. The van der Waals surface area contributed by atoms with E-state index in [-0.39, 0.29) is 5.91 Å². The van der Waals surface area contributed by atoms with E-state index in [1.165, 1.54) is 5.56 Å². The third-order valence-electron chi connectivity index (χ3n) is 5.59. The van der Waals surface area contributed by atoms with Crippen LogP contribution in [0.25, 0.3) is 0 Å². The second kappa shape index (κ2) is 9.18. The summed E-state index contributed by atoms with van der Waals surface area (Å²) in [5.74, 6) is 2.06. The number of amides is 1. The van der Waals surface area contributed by atoms with Gasteiger partial charge in [-0.3, -0.25) is 9.69 Å². The molecule has 0 unspecified atom stereocenters. The first-order valence-corrected chi connectivity index (χ1v) is 9.85. The lowest BCUT2D eigenvalue weighted by Crippen LogP contribution is -2.48. The van der Waals surface area contributed by atoms with Crippen molar-refractivity contribution in [3.8, 4) is 17.2 Å². The van der Waals surface area contributed by atoms with Crippen molar-refractivity contribution in [2.24, 2.45) is 0 Å². The Morgan fingerprint density at radius 1 is 0.862 bits per heavy atom. The van der Waals surface area contributed by atoms with E-state index in [1.807, 2.05) is 42.2 Å². The van der Waals surface area contributed by atoms with Gasteiger partial charge in [-0.15, -0.1) is 0 Å². The number of nitrogens with zero attached hydrogens (tertiary/aromatic N) is 2. The minimum atomic E-state index is 0.108. The van der Waals surface area contributed by atoms with E-state index >= 15 is 0 Å². The molecule has 1 fully saturated rings. The van der Waals surface area contributed by atoms with Gasteiger partial charge in [0.25, 0.3) is 5.91 Å². The van der Waals surface area contributed by atoms with Crippen molar-refractivity contribution in [1.29, 1.82) is 0 Å². The first-order valence-electron chi connectivity index (χ1n) is 9.85. The minimum absolute atomic E-state index is 0.108. The Morgan fingerprint density at radius 2 is 1.55 bits per heavy atom. The maximum absolute atomic E-state index is 12.8. The van der Waals surface area contributed by atoms with Crippen molar-refractivity contribution < 1.29 is 19.0 Å². The molecule has 156 valence electrons. The molecule has 6 heteroatoms. The summed E-state index contributed by atoms with van der Waals surface area (Å²) in [6.45, 7) is 7.88. The fraction of sp³-hybridized carbons (Fsp3) is 0.435. The highest BCUT2D eigenvalue weighted by atomic mass is 16.5. The highest BCUT2D eigenvalue weighted by Crippen LogP contribution is 2.40. The van der Waals surface area contributed by atoms with E-state index in [4.69, 9.17) is 14.2 Å². The lowest BCUT2D eigenvalue weighted by atomic mass is 10.1. The zero-order valence-corrected chi connectivity index (χ0v) is 17.9. The molecular weight excluding hydrogens is 368 g/mol. The van der Waals surface area contributed by atoms with Crippen LogP contribution in [0.5, 0.6) is 17.2 Å². The van der Waals surface area contributed by atoms with Crippen LogP contribution in [0.15, 0.2) is 30.3 Å². The third kappa shape index (κ3) is 4.48. The minimum Gasteiger partial charge on any atom is -0.493 e. The summed E-state index contributed by atoms with van der Waals surface area (Å²) >= 11 is 0. The lowest BCUT2D eigenvalue weighted by Gasteiger charge is -2.35. The van der Waals surface area contributed by atoms with E-state index in [9.17, 15) is 4.79 Å². The highest BCUT2D eigenvalue weighted by molar-refractivity contribution is 5.94. The summed E-state index contributed by atoms with van der Waals surface area (Å²) in [5.41, 5.74) is 4.16. The van der Waals surface area contributed by atoms with Crippen LogP contribution >= 0.6 is 0 Å². The van der Waals surface area contributed by atoms with Gasteiger partial charge in [0.05, 0.1) is 21.3 Å². The van der Waals surface area contributed by atoms with Gasteiger partial charge in [-0.05, 0) is 43.2 Å². The maximum atomic E-state index is 12.8. The Balaban J connectivity index is 1.65. The Labute approximate surface area is 173 Å². The number of rotatable bonds is 6. The van der Waals surface area contributed by atoms with Gasteiger partial charge in [-0.25, -0.2) is 0 Å². The molecule has 0 aliphatic carbocycles. The Kier molecular flexibility index (Phi) is 6.64. The number of aryl methyl sites for hydroxylation is 2. The normalized spacial score (nSPS) is 14.6. The van der Waals surface area contributed by atoms with Gasteiger partial charge in [0.2, 0.25) is 5.75 Å². The van der Waals surface area contributed by atoms with E-state index in [2.05, 4.69) is 11.8 Å². The SMILES string of the molecule is COc1ccc(CN2CCN(C(=O)c3ccc(C)c(C)c3)CC2)c(OC)c1OC. The predicted octanol–water partition coefficient (Wildman–Crippen LogP) is 3.29. The van der Waals surface area contributed by atoms with Crippen LogP contribution in [0.2, 0.25) is 0 Å². The monoisotopic (exact) mass is 398 g/mol. The molecule has 1 amide bonds. The molecule has 0 saturated carbocycles. The van der Waals surface area contributed by atoms with Gasteiger partial charge >= 0.3 is 0 Å². The first-order chi connectivity index (χ1) is 14.0. The molecule has 6 nitrogen and oxygen atoms in total. The van der Waals surface area contributed by atoms with Crippen molar-refractivity contribution in [2.45, 2.75) is 20.4 Å². The maximum Gasteiger partial charge on any atom is 0.253 e. The van der Waals surface area contributed by atoms with Crippen molar-refractivity contribution in [3.63, 3.8) is 0 Å². The number of carbonyl (C=O) groups is 1. The smallest absolute Gasteiger partial charge is 0.253 e. The molecule has 0 spiro atoms. The predicted molar refractivity (Wildman–Crippen MR) is 113 cm³/mol. The molecule has 29 heavy (non-hydrogen) atoms. The van der Waals surface area contributed by atoms with Gasteiger partial charge in [-0.1, -0.05) is 12.1 Å². The first kappa shape index (κ1) is 21.0. The van der Waals surface area contributed by atoms with E-state index < -0.39 is 0 Å². The molecule has 2 aromatic carbocycles. The van der Waals surface area contributed by atoms with E-state index in [1.54, 1.807) is 21.3 Å². The molecule has 3 rings (SSSR count). The van der Waals surface area contributed by atoms with Gasteiger partial charge in [0.1, 0.15) is 0 Å². The lowest BCUT2D eigenvalue weighted by molar-refractivity contribution is 0.0627. The summed E-state index contributed by atoms with van der Waals surface area (Å²) < 4.78 is 16.4. The van der Waals surface area contributed by atoms with Crippen molar-refractivity contribution in [1.82, 2.24) is 9.80 Å². The van der Waals surface area contributed by atoms with Gasteiger partial charge in [0, 0.05) is 43.9 Å². The van der Waals surface area contributed by atoms with E-state index in [0.29, 0.717) is 30.3 Å². The fourth-order valence-corrected chi connectivity index (χ4v) is 3.69. The standard InChI is InChI=1S/C23H30N2O4/c1-16-6-7-18(14-17(16)2)23(26)25-12-10-24(11-13-25)15-19-8-9-20(27-3)22(29-5)21(19)28-4/h6-9,14H,10-13,15H2,1-5H3. The second-order valence-electron chi connectivity index (χ2n) is 7.36. The van der Waals surface area contributed by atoms with Gasteiger partial charge in [-0.2, -0.15) is 0 Å². The van der Waals surface area contributed by atoms with Crippen molar-refractivity contribution >= 4 is 5.91 Å². The van der Waals surface area contributed by atoms with Crippen LogP contribution < -0.4 is 14.2 Å². The number of carbonyl (C=O) groups excluding carboxylic acids is 1. The summed E-state index contributed by atoms with van der Waals surface area (Å²) in [7, 11) is 4.87. The third-order valence-corrected chi connectivity index (χ3v) is 5.59. The number of methoxy groups -OCH3 is 3. The fourth-order valence-electron chi connectivity index (χ4n) is 3.69. The summed E-state index contributed by atoms with van der Waals surface area (Å²) in [6, 6.07) is 9.83. The molecule has 2 aromatic rings. The molecule has 1 aliphatic rings. The summed E-state index contributed by atoms with van der Waals surface area (Å²) in [5, 5.41) is 0. The van der Waals surface area contributed by atoms with Crippen LogP contribution in [0.1, 0.15) is 27.0 Å². The van der Waals surface area contributed by atoms with Crippen LogP contribution in [0.3, 0.4) is 0 Å². The van der Waals surface area contributed by atoms with E-state index in [0.717, 1.165) is 36.3 Å². The Bertz CT molecular complexity index is 873. The summed E-state index contributed by atoms with van der Waals surface area (Å²) in [6.07, 6.45) is 0. The Hall–Kier alpha value is -2.73. The van der Waals surface area contributed by atoms with Crippen LogP contribution in [0.4, 0.5) is 0 Å². The average Bonchev–Trinajstić information content (AvgIpc) is 2.75. The molecule has 1 saturated heterocycles. The zero-order valence-electron chi connectivity index (χ0n) is 17.9. The number of ether oxygens (including phenoxy) is 3. The average molecular weight is 399 g/mol. The molecule has 0 bridgehead atoms. The van der Waals surface area contributed by atoms with Gasteiger partial charge < -0.3 is 19.1 Å². The zero-order chi connectivity index (χ0) is 21.0. The highest BCUT2D eigenvalue weighted by Gasteiger charge is 2.24.